The molecule has 3 aromatic carbocycles. The highest BCUT2D eigenvalue weighted by Crippen LogP contribution is 2.42. The molecule has 0 aliphatic carbocycles. The number of carbonyl (C=O) groups excluding carboxylic acids is 2. The van der Waals surface area contributed by atoms with Crippen LogP contribution >= 0.6 is 11.8 Å². The highest BCUT2D eigenvalue weighted by Gasteiger charge is 2.34. The van der Waals surface area contributed by atoms with Crippen molar-refractivity contribution in [3.63, 3.8) is 0 Å². The van der Waals surface area contributed by atoms with E-state index in [1.807, 2.05) is 104 Å². The van der Waals surface area contributed by atoms with Gasteiger partial charge in [0.15, 0.2) is 0 Å². The fraction of sp³-hybridized carbons (Fsp3) is 0.200. The lowest BCUT2D eigenvalue weighted by atomic mass is 10.1. The van der Waals surface area contributed by atoms with E-state index in [1.54, 1.807) is 11.8 Å². The van der Waals surface area contributed by atoms with E-state index in [1.165, 1.54) is 0 Å². The van der Waals surface area contributed by atoms with E-state index in [2.05, 4.69) is 5.32 Å². The average Bonchev–Trinajstić information content (AvgIpc) is 3.16. The van der Waals surface area contributed by atoms with E-state index in [-0.39, 0.29) is 17.2 Å². The zero-order chi connectivity index (χ0) is 22.0. The first-order valence-electron chi connectivity index (χ1n) is 10.1. The Hall–Kier alpha value is -3.25. The van der Waals surface area contributed by atoms with Crippen LogP contribution in [0.3, 0.4) is 0 Å². The summed E-state index contributed by atoms with van der Waals surface area (Å²) in [5.41, 5.74) is 5.38. The van der Waals surface area contributed by atoms with Crippen molar-refractivity contribution in [3.8, 4) is 0 Å². The maximum Gasteiger partial charge on any atom is 0.255 e. The third-order valence-electron chi connectivity index (χ3n) is 5.26. The summed E-state index contributed by atoms with van der Waals surface area (Å²) in [5, 5.41) is 2.84. The highest BCUT2D eigenvalue weighted by atomic mass is 32.2. The quantitative estimate of drug-likeness (QED) is 0.611. The van der Waals surface area contributed by atoms with Crippen LogP contribution in [0.5, 0.6) is 0 Å². The van der Waals surface area contributed by atoms with E-state index in [0.717, 1.165) is 22.5 Å². The van der Waals surface area contributed by atoms with Crippen LogP contribution in [0.4, 0.5) is 17.1 Å². The van der Waals surface area contributed by atoms with Gasteiger partial charge in [-0.25, -0.2) is 0 Å². The van der Waals surface area contributed by atoms with Crippen LogP contribution in [-0.4, -0.2) is 31.7 Å². The van der Waals surface area contributed by atoms with Crippen molar-refractivity contribution in [1.82, 2.24) is 0 Å². The predicted molar refractivity (Wildman–Crippen MR) is 129 cm³/mol. The van der Waals surface area contributed by atoms with E-state index in [9.17, 15) is 9.59 Å². The van der Waals surface area contributed by atoms with Crippen LogP contribution < -0.4 is 15.1 Å². The van der Waals surface area contributed by atoms with Crippen molar-refractivity contribution >= 4 is 40.6 Å². The zero-order valence-corrected chi connectivity index (χ0v) is 18.6. The summed E-state index contributed by atoms with van der Waals surface area (Å²) in [4.78, 5) is 29.1. The third-order valence-corrected chi connectivity index (χ3v) is 6.47. The van der Waals surface area contributed by atoms with Crippen molar-refractivity contribution in [1.29, 1.82) is 0 Å². The molecule has 4 rings (SSSR count). The maximum atomic E-state index is 12.7. The summed E-state index contributed by atoms with van der Waals surface area (Å²) in [6.45, 7) is 1.99. The Morgan fingerprint density at radius 1 is 1.03 bits per heavy atom. The van der Waals surface area contributed by atoms with Crippen molar-refractivity contribution in [2.75, 3.05) is 35.0 Å². The van der Waals surface area contributed by atoms with Gasteiger partial charge < -0.3 is 10.2 Å². The molecule has 158 valence electrons. The topological polar surface area (TPSA) is 52.7 Å². The highest BCUT2D eigenvalue weighted by molar-refractivity contribution is 8.00. The molecule has 2 amide bonds. The summed E-state index contributed by atoms with van der Waals surface area (Å²) in [5.74, 6) is 0.366. The molecule has 3 aromatic rings. The molecule has 1 atom stereocenters. The molecule has 5 nitrogen and oxygen atoms in total. The lowest BCUT2D eigenvalue weighted by molar-refractivity contribution is -0.115. The molecule has 0 bridgehead atoms. The number of hydrogen-bond acceptors (Lipinski definition) is 4. The van der Waals surface area contributed by atoms with Crippen LogP contribution in [0, 0.1) is 6.92 Å². The standard InChI is InChI=1S/C25H25N3O2S/c1-17-7-9-18(10-8-17)24(30)26-20-6-4-5-19(15-20)25-28(23(29)16-31-25)22-13-11-21(12-14-22)27(2)3/h4-15,25H,16H2,1-3H3,(H,26,30). The smallest absolute Gasteiger partial charge is 0.255 e. The first-order chi connectivity index (χ1) is 14.9. The average molecular weight is 432 g/mol. The molecule has 0 saturated carbocycles. The number of carbonyl (C=O) groups is 2. The molecule has 1 N–H and O–H groups in total. The predicted octanol–water partition coefficient (Wildman–Crippen LogP) is 5.09. The van der Waals surface area contributed by atoms with Crippen molar-refractivity contribution < 1.29 is 9.59 Å². The summed E-state index contributed by atoms with van der Waals surface area (Å²) in [7, 11) is 3.98. The van der Waals surface area contributed by atoms with Crippen molar-refractivity contribution in [2.45, 2.75) is 12.3 Å². The second-order valence-corrected chi connectivity index (χ2v) is 8.85. The largest absolute Gasteiger partial charge is 0.378 e. The fourth-order valence-electron chi connectivity index (χ4n) is 3.54. The fourth-order valence-corrected chi connectivity index (χ4v) is 4.71. The number of nitrogens with one attached hydrogen (secondary N) is 1. The number of benzene rings is 3. The number of anilines is 3. The molecular weight excluding hydrogens is 406 g/mol. The van der Waals surface area contributed by atoms with Crippen LogP contribution in [-0.2, 0) is 4.79 Å². The van der Waals surface area contributed by atoms with Gasteiger partial charge in [0.2, 0.25) is 5.91 Å². The Balaban J connectivity index is 1.56. The zero-order valence-electron chi connectivity index (χ0n) is 17.8. The van der Waals surface area contributed by atoms with Gasteiger partial charge in [-0.3, -0.25) is 14.5 Å². The lowest BCUT2D eigenvalue weighted by Gasteiger charge is -2.25. The molecule has 1 fully saturated rings. The van der Waals surface area contributed by atoms with Crippen molar-refractivity contribution in [2.24, 2.45) is 0 Å². The SMILES string of the molecule is Cc1ccc(C(=O)Nc2cccc(C3SCC(=O)N3c3ccc(N(C)C)cc3)c2)cc1. The molecule has 1 saturated heterocycles. The van der Waals surface area contributed by atoms with Crippen LogP contribution in [0.1, 0.15) is 26.9 Å². The molecule has 1 aliphatic heterocycles. The van der Waals surface area contributed by atoms with E-state index >= 15 is 0 Å². The number of hydrogen-bond donors (Lipinski definition) is 1. The summed E-state index contributed by atoms with van der Waals surface area (Å²) < 4.78 is 0. The van der Waals surface area contributed by atoms with E-state index in [4.69, 9.17) is 0 Å². The lowest BCUT2D eigenvalue weighted by Crippen LogP contribution is -2.27. The molecule has 0 radical (unpaired) electrons. The van der Waals surface area contributed by atoms with Crippen LogP contribution in [0.15, 0.2) is 72.8 Å². The minimum Gasteiger partial charge on any atom is -0.378 e. The van der Waals surface area contributed by atoms with Gasteiger partial charge in [-0.05, 0) is 61.0 Å². The molecule has 0 spiro atoms. The molecule has 0 aromatic heterocycles. The van der Waals surface area contributed by atoms with Gasteiger partial charge >= 0.3 is 0 Å². The number of amides is 2. The van der Waals surface area contributed by atoms with E-state index in [0.29, 0.717) is 17.0 Å². The number of nitrogens with zero attached hydrogens (tertiary/aromatic N) is 2. The first-order valence-corrected chi connectivity index (χ1v) is 11.2. The Morgan fingerprint density at radius 2 is 1.74 bits per heavy atom. The number of aryl methyl sites for hydroxylation is 1. The van der Waals surface area contributed by atoms with Gasteiger partial charge in [0.05, 0.1) is 5.75 Å². The summed E-state index contributed by atoms with van der Waals surface area (Å²) in [6, 6.07) is 23.2. The normalized spacial score (nSPS) is 15.8. The molecule has 31 heavy (non-hydrogen) atoms. The second kappa shape index (κ2) is 8.86. The first kappa shape index (κ1) is 21.0. The molecule has 1 aliphatic rings. The Kier molecular flexibility index (Phi) is 6.00. The minimum absolute atomic E-state index is 0.0849. The second-order valence-electron chi connectivity index (χ2n) is 7.78. The monoisotopic (exact) mass is 431 g/mol. The minimum atomic E-state index is -0.150. The molecule has 1 heterocycles. The summed E-state index contributed by atoms with van der Waals surface area (Å²) >= 11 is 1.60. The van der Waals surface area contributed by atoms with E-state index < -0.39 is 0 Å². The maximum absolute atomic E-state index is 12.7. The van der Waals surface area contributed by atoms with Gasteiger partial charge in [-0.1, -0.05) is 29.8 Å². The van der Waals surface area contributed by atoms with Crippen molar-refractivity contribution in [3.05, 3.63) is 89.5 Å². The van der Waals surface area contributed by atoms with Gasteiger partial charge in [0.1, 0.15) is 5.37 Å². The summed E-state index contributed by atoms with van der Waals surface area (Å²) in [6.07, 6.45) is 0. The van der Waals surface area contributed by atoms with Crippen LogP contribution in [0.25, 0.3) is 0 Å². The Morgan fingerprint density at radius 3 is 2.42 bits per heavy atom. The van der Waals surface area contributed by atoms with Gasteiger partial charge in [-0.2, -0.15) is 0 Å². The Bertz CT molecular complexity index is 1090. The molecule has 1 unspecified atom stereocenters. The third kappa shape index (κ3) is 4.59. The number of rotatable bonds is 5. The Labute approximate surface area is 187 Å². The molecular formula is C25H25N3O2S. The van der Waals surface area contributed by atoms with Gasteiger partial charge in [-0.15, -0.1) is 11.8 Å². The van der Waals surface area contributed by atoms with Gasteiger partial charge in [0, 0.05) is 36.7 Å². The van der Waals surface area contributed by atoms with Crippen LogP contribution in [0.2, 0.25) is 0 Å². The molecule has 6 heteroatoms. The number of thioether (sulfide) groups is 1. The van der Waals surface area contributed by atoms with Gasteiger partial charge in [0.25, 0.3) is 5.91 Å².